The first kappa shape index (κ1) is 13.5. The van der Waals surface area contributed by atoms with Gasteiger partial charge in [-0.15, -0.1) is 0 Å². The lowest BCUT2D eigenvalue weighted by Crippen LogP contribution is -2.12. The standard InChI is InChI=1S/C14H14ClNO3/c1-16(2)11-8-12(19-13(11)14(17)18-3)9-5-4-6-10(15)7-9/h4-8H,1-3H3. The van der Waals surface area contributed by atoms with Crippen molar-refractivity contribution in [3.63, 3.8) is 0 Å². The Morgan fingerprint density at radius 2 is 2.05 bits per heavy atom. The normalized spacial score (nSPS) is 10.3. The van der Waals surface area contributed by atoms with Crippen molar-refractivity contribution in [3.05, 3.63) is 41.1 Å². The minimum atomic E-state index is -0.503. The van der Waals surface area contributed by atoms with Crippen molar-refractivity contribution in [2.75, 3.05) is 26.1 Å². The van der Waals surface area contributed by atoms with E-state index in [1.54, 1.807) is 23.1 Å². The van der Waals surface area contributed by atoms with Gasteiger partial charge in [0.05, 0.1) is 12.8 Å². The lowest BCUT2D eigenvalue weighted by Gasteiger charge is -2.09. The highest BCUT2D eigenvalue weighted by molar-refractivity contribution is 6.30. The zero-order valence-electron chi connectivity index (χ0n) is 10.9. The molecule has 0 radical (unpaired) electrons. The van der Waals surface area contributed by atoms with Gasteiger partial charge in [-0.3, -0.25) is 0 Å². The summed E-state index contributed by atoms with van der Waals surface area (Å²) in [4.78, 5) is 13.5. The third-order valence-corrected chi connectivity index (χ3v) is 2.91. The number of furan rings is 1. The number of methoxy groups -OCH3 is 1. The third kappa shape index (κ3) is 2.74. The highest BCUT2D eigenvalue weighted by Gasteiger charge is 2.21. The van der Waals surface area contributed by atoms with E-state index in [-0.39, 0.29) is 5.76 Å². The fraction of sp³-hybridized carbons (Fsp3) is 0.214. The molecule has 2 aromatic rings. The van der Waals surface area contributed by atoms with Crippen LogP contribution in [0.25, 0.3) is 11.3 Å². The number of benzene rings is 1. The van der Waals surface area contributed by atoms with Gasteiger partial charge in [0, 0.05) is 30.7 Å². The molecule has 0 aliphatic carbocycles. The largest absolute Gasteiger partial charge is 0.463 e. The number of esters is 1. The molecule has 100 valence electrons. The summed E-state index contributed by atoms with van der Waals surface area (Å²) in [5.41, 5.74) is 1.48. The van der Waals surface area contributed by atoms with Gasteiger partial charge in [0.15, 0.2) is 0 Å². The SMILES string of the molecule is COC(=O)c1oc(-c2cccc(Cl)c2)cc1N(C)C. The predicted octanol–water partition coefficient (Wildman–Crippen LogP) is 3.45. The zero-order chi connectivity index (χ0) is 14.0. The summed E-state index contributed by atoms with van der Waals surface area (Å²) in [5, 5.41) is 0.611. The molecule has 4 nitrogen and oxygen atoms in total. The maximum Gasteiger partial charge on any atom is 0.376 e. The molecule has 5 heteroatoms. The number of hydrogen-bond acceptors (Lipinski definition) is 4. The first-order valence-electron chi connectivity index (χ1n) is 5.68. The van der Waals surface area contributed by atoms with Gasteiger partial charge in [0.2, 0.25) is 5.76 Å². The number of ether oxygens (including phenoxy) is 1. The molecule has 1 heterocycles. The summed E-state index contributed by atoms with van der Waals surface area (Å²) in [6.45, 7) is 0. The van der Waals surface area contributed by atoms with Gasteiger partial charge >= 0.3 is 5.97 Å². The summed E-state index contributed by atoms with van der Waals surface area (Å²) in [7, 11) is 4.99. The second-order valence-electron chi connectivity index (χ2n) is 4.22. The van der Waals surface area contributed by atoms with E-state index >= 15 is 0 Å². The topological polar surface area (TPSA) is 42.7 Å². The Labute approximate surface area is 116 Å². The van der Waals surface area contributed by atoms with Crippen molar-refractivity contribution in [2.24, 2.45) is 0 Å². The van der Waals surface area contributed by atoms with Crippen molar-refractivity contribution in [1.29, 1.82) is 0 Å². The Hall–Kier alpha value is -1.94. The van der Waals surface area contributed by atoms with Crippen LogP contribution in [0.2, 0.25) is 5.02 Å². The first-order chi connectivity index (χ1) is 9.02. The smallest absolute Gasteiger partial charge is 0.376 e. The van der Waals surface area contributed by atoms with E-state index in [1.165, 1.54) is 7.11 Å². The van der Waals surface area contributed by atoms with Crippen molar-refractivity contribution in [3.8, 4) is 11.3 Å². The van der Waals surface area contributed by atoms with Crippen LogP contribution in [0.5, 0.6) is 0 Å². The maximum atomic E-state index is 11.7. The molecule has 0 spiro atoms. The van der Waals surface area contributed by atoms with Crippen LogP contribution in [0.4, 0.5) is 5.69 Å². The summed E-state index contributed by atoms with van der Waals surface area (Å²) < 4.78 is 10.3. The summed E-state index contributed by atoms with van der Waals surface area (Å²) in [6, 6.07) is 9.04. The zero-order valence-corrected chi connectivity index (χ0v) is 11.7. The molecule has 0 bridgehead atoms. The van der Waals surface area contributed by atoms with Crippen LogP contribution in [0.15, 0.2) is 34.7 Å². The molecule has 1 aromatic heterocycles. The molecule has 0 atom stereocenters. The minimum Gasteiger partial charge on any atom is -0.463 e. The van der Waals surface area contributed by atoms with E-state index < -0.39 is 5.97 Å². The second-order valence-corrected chi connectivity index (χ2v) is 4.66. The lowest BCUT2D eigenvalue weighted by molar-refractivity contribution is 0.0567. The second kappa shape index (κ2) is 5.36. The third-order valence-electron chi connectivity index (χ3n) is 2.67. The minimum absolute atomic E-state index is 0.183. The van der Waals surface area contributed by atoms with E-state index in [9.17, 15) is 4.79 Å². The van der Waals surface area contributed by atoms with Crippen molar-refractivity contribution < 1.29 is 13.9 Å². The molecule has 2 rings (SSSR count). The fourth-order valence-corrected chi connectivity index (χ4v) is 1.93. The maximum absolute atomic E-state index is 11.7. The van der Waals surface area contributed by atoms with Crippen LogP contribution in [0.3, 0.4) is 0 Å². The highest BCUT2D eigenvalue weighted by Crippen LogP contribution is 2.32. The van der Waals surface area contributed by atoms with Gasteiger partial charge in [-0.1, -0.05) is 23.7 Å². The fourth-order valence-electron chi connectivity index (χ4n) is 1.74. The summed E-state index contributed by atoms with van der Waals surface area (Å²) in [5.74, 6) is 0.256. The van der Waals surface area contributed by atoms with Crippen LogP contribution >= 0.6 is 11.6 Å². The molecule has 0 unspecified atom stereocenters. The number of carbonyl (C=O) groups is 1. The highest BCUT2D eigenvalue weighted by atomic mass is 35.5. The monoisotopic (exact) mass is 279 g/mol. The Morgan fingerprint density at radius 1 is 1.32 bits per heavy atom. The molecule has 0 N–H and O–H groups in total. The van der Waals surface area contributed by atoms with Gasteiger partial charge in [0.25, 0.3) is 0 Å². The Bertz CT molecular complexity index is 604. The van der Waals surface area contributed by atoms with E-state index in [1.807, 2.05) is 26.2 Å². The molecule has 1 aromatic carbocycles. The predicted molar refractivity (Wildman–Crippen MR) is 74.8 cm³/mol. The van der Waals surface area contributed by atoms with Gasteiger partial charge < -0.3 is 14.1 Å². The number of halogens is 1. The van der Waals surface area contributed by atoms with E-state index in [0.29, 0.717) is 16.5 Å². The van der Waals surface area contributed by atoms with Gasteiger partial charge in [0.1, 0.15) is 5.76 Å². The van der Waals surface area contributed by atoms with Crippen LogP contribution < -0.4 is 4.90 Å². The average Bonchev–Trinajstić information content (AvgIpc) is 2.83. The lowest BCUT2D eigenvalue weighted by atomic mass is 10.2. The van der Waals surface area contributed by atoms with E-state index in [0.717, 1.165) is 5.56 Å². The average molecular weight is 280 g/mol. The molecule has 0 saturated heterocycles. The van der Waals surface area contributed by atoms with Crippen LogP contribution in [-0.2, 0) is 4.74 Å². The van der Waals surface area contributed by atoms with Gasteiger partial charge in [-0.2, -0.15) is 0 Å². The number of nitrogens with zero attached hydrogens (tertiary/aromatic N) is 1. The number of anilines is 1. The Morgan fingerprint density at radius 3 is 2.63 bits per heavy atom. The van der Waals surface area contributed by atoms with Crippen LogP contribution in [0.1, 0.15) is 10.6 Å². The van der Waals surface area contributed by atoms with Crippen molar-refractivity contribution in [2.45, 2.75) is 0 Å². The van der Waals surface area contributed by atoms with E-state index in [2.05, 4.69) is 0 Å². The van der Waals surface area contributed by atoms with Crippen LogP contribution in [0, 0.1) is 0 Å². The molecule has 0 aliphatic rings. The number of hydrogen-bond donors (Lipinski definition) is 0. The van der Waals surface area contributed by atoms with Crippen molar-refractivity contribution in [1.82, 2.24) is 0 Å². The molecule has 19 heavy (non-hydrogen) atoms. The van der Waals surface area contributed by atoms with E-state index in [4.69, 9.17) is 20.8 Å². The van der Waals surface area contributed by atoms with Gasteiger partial charge in [-0.05, 0) is 12.1 Å². The molecule has 0 amide bonds. The quantitative estimate of drug-likeness (QED) is 0.807. The first-order valence-corrected chi connectivity index (χ1v) is 6.06. The Kier molecular flexibility index (Phi) is 3.81. The molecule has 0 aliphatic heterocycles. The Balaban J connectivity index is 2.51. The molecular weight excluding hydrogens is 266 g/mol. The molecule has 0 fully saturated rings. The summed E-state index contributed by atoms with van der Waals surface area (Å²) >= 11 is 5.95. The van der Waals surface area contributed by atoms with Gasteiger partial charge in [-0.25, -0.2) is 4.79 Å². The molecular formula is C14H14ClNO3. The number of carbonyl (C=O) groups excluding carboxylic acids is 1. The van der Waals surface area contributed by atoms with Crippen molar-refractivity contribution >= 4 is 23.3 Å². The molecule has 0 saturated carbocycles. The number of rotatable bonds is 3. The summed E-state index contributed by atoms with van der Waals surface area (Å²) in [6.07, 6.45) is 0. The van der Waals surface area contributed by atoms with Crippen LogP contribution in [-0.4, -0.2) is 27.2 Å².